The fourth-order valence-corrected chi connectivity index (χ4v) is 3.40. The number of hydrogen-bond acceptors (Lipinski definition) is 2. The molecular weight excluding hydrogens is 434 g/mol. The van der Waals surface area contributed by atoms with Gasteiger partial charge in [0.15, 0.2) is 0 Å². The molecule has 1 N–H and O–H groups in total. The lowest BCUT2D eigenvalue weighted by molar-refractivity contribution is -0.143. The Morgan fingerprint density at radius 1 is 0.900 bits per heavy atom. The molecule has 0 aromatic heterocycles. The molecule has 30 heavy (non-hydrogen) atoms. The molecule has 162 valence electrons. The van der Waals surface area contributed by atoms with Crippen LogP contribution in [0.1, 0.15) is 34.3 Å². The monoisotopic (exact) mass is 450 g/mol. The third kappa shape index (κ3) is 5.38. The predicted molar refractivity (Wildman–Crippen MR) is 100 cm³/mol. The molecule has 3 rings (SSSR count). The molecule has 2 aromatic carbocycles. The number of nitrogens with zero attached hydrogens (tertiary/aromatic N) is 1. The van der Waals surface area contributed by atoms with Crippen molar-refractivity contribution in [1.82, 2.24) is 4.90 Å². The van der Waals surface area contributed by atoms with Gasteiger partial charge in [0.25, 0.3) is 5.91 Å². The van der Waals surface area contributed by atoms with E-state index in [4.69, 9.17) is 11.6 Å². The molecule has 0 aliphatic carbocycles. The Kier molecular flexibility index (Phi) is 6.21. The van der Waals surface area contributed by atoms with Crippen LogP contribution in [0.15, 0.2) is 42.5 Å². The number of nitrogens with one attached hydrogen (secondary N) is 1. The Morgan fingerprint density at radius 2 is 1.40 bits per heavy atom. The van der Waals surface area contributed by atoms with Gasteiger partial charge in [-0.25, -0.2) is 0 Å². The first-order valence-electron chi connectivity index (χ1n) is 9.04. The van der Waals surface area contributed by atoms with E-state index in [1.54, 1.807) is 24.3 Å². The van der Waals surface area contributed by atoms with Crippen molar-refractivity contribution in [3.05, 3.63) is 64.2 Å². The second kappa shape index (κ2) is 8.37. The molecule has 0 unspecified atom stereocenters. The molecular formula is C20H17ClF6N2O. The van der Waals surface area contributed by atoms with Gasteiger partial charge in [-0.15, -0.1) is 0 Å². The maximum Gasteiger partial charge on any atom is 0.416 e. The number of amides is 1. The third-order valence-corrected chi connectivity index (χ3v) is 5.08. The van der Waals surface area contributed by atoms with Crippen LogP contribution in [0.25, 0.3) is 0 Å². The maximum atomic E-state index is 13.0. The molecule has 1 heterocycles. The van der Waals surface area contributed by atoms with E-state index in [1.807, 2.05) is 0 Å². The zero-order chi connectivity index (χ0) is 22.1. The maximum absolute atomic E-state index is 13.0. The van der Waals surface area contributed by atoms with Crippen molar-refractivity contribution in [1.29, 1.82) is 0 Å². The molecule has 0 bridgehead atoms. The second-order valence-corrected chi connectivity index (χ2v) is 7.45. The number of hydrogen-bond donors (Lipinski definition) is 1. The SMILES string of the molecule is O=C(c1cc(C(F)(F)F)cc(C(F)(F)F)c1)N1CCC(Nc2ccc(Cl)cc2)CC1. The van der Waals surface area contributed by atoms with Crippen molar-refractivity contribution < 1.29 is 31.1 Å². The van der Waals surface area contributed by atoms with E-state index in [1.165, 1.54) is 4.90 Å². The minimum Gasteiger partial charge on any atom is -0.382 e. The normalized spacial score (nSPS) is 15.9. The molecule has 1 saturated heterocycles. The van der Waals surface area contributed by atoms with Crippen molar-refractivity contribution in [3.8, 4) is 0 Å². The van der Waals surface area contributed by atoms with Gasteiger partial charge >= 0.3 is 12.4 Å². The first-order valence-corrected chi connectivity index (χ1v) is 9.42. The highest BCUT2D eigenvalue weighted by molar-refractivity contribution is 6.30. The van der Waals surface area contributed by atoms with Crippen molar-refractivity contribution in [2.45, 2.75) is 31.2 Å². The fraction of sp³-hybridized carbons (Fsp3) is 0.350. The van der Waals surface area contributed by atoms with Gasteiger partial charge in [-0.1, -0.05) is 11.6 Å². The summed E-state index contributed by atoms with van der Waals surface area (Å²) in [6.07, 6.45) is -8.99. The quantitative estimate of drug-likeness (QED) is 0.573. The first-order chi connectivity index (χ1) is 13.9. The van der Waals surface area contributed by atoms with E-state index in [0.29, 0.717) is 30.0 Å². The molecule has 0 spiro atoms. The van der Waals surface area contributed by atoms with Gasteiger partial charge < -0.3 is 10.2 Å². The van der Waals surface area contributed by atoms with E-state index in [-0.39, 0.29) is 25.2 Å². The van der Waals surface area contributed by atoms with Gasteiger partial charge in [0, 0.05) is 35.4 Å². The smallest absolute Gasteiger partial charge is 0.382 e. The van der Waals surface area contributed by atoms with Crippen molar-refractivity contribution >= 4 is 23.2 Å². The van der Waals surface area contributed by atoms with E-state index in [2.05, 4.69) is 5.32 Å². The number of carbonyl (C=O) groups is 1. The lowest BCUT2D eigenvalue weighted by Crippen LogP contribution is -2.42. The molecule has 0 saturated carbocycles. The summed E-state index contributed by atoms with van der Waals surface area (Å²) in [6, 6.07) is 7.98. The van der Waals surface area contributed by atoms with Gasteiger partial charge in [-0.05, 0) is 55.3 Å². The molecule has 10 heteroatoms. The van der Waals surface area contributed by atoms with Crippen LogP contribution in [-0.2, 0) is 12.4 Å². The lowest BCUT2D eigenvalue weighted by atomic mass is 10.0. The van der Waals surface area contributed by atoms with Crippen molar-refractivity contribution in [2.75, 3.05) is 18.4 Å². The summed E-state index contributed by atoms with van der Waals surface area (Å²) < 4.78 is 78.1. The Balaban J connectivity index is 1.72. The molecule has 2 aromatic rings. The van der Waals surface area contributed by atoms with Gasteiger partial charge in [-0.2, -0.15) is 26.3 Å². The summed E-state index contributed by atoms with van der Waals surface area (Å²) in [4.78, 5) is 13.9. The summed E-state index contributed by atoms with van der Waals surface area (Å²) in [7, 11) is 0. The zero-order valence-corrected chi connectivity index (χ0v) is 16.2. The number of alkyl halides is 6. The number of carbonyl (C=O) groups excluding carboxylic acids is 1. The lowest BCUT2D eigenvalue weighted by Gasteiger charge is -2.33. The van der Waals surface area contributed by atoms with Gasteiger partial charge in [0.05, 0.1) is 11.1 Å². The third-order valence-electron chi connectivity index (χ3n) is 4.83. The van der Waals surface area contributed by atoms with E-state index >= 15 is 0 Å². The standard InChI is InChI=1S/C20H17ClF6N2O/c21-15-1-3-16(4-2-15)28-17-5-7-29(8-6-17)18(30)12-9-13(19(22,23)24)11-14(10-12)20(25,26)27/h1-4,9-11,17,28H,5-8H2. The summed E-state index contributed by atoms with van der Waals surface area (Å²) in [5.74, 6) is -0.850. The van der Waals surface area contributed by atoms with Crippen LogP contribution in [0.2, 0.25) is 5.02 Å². The number of halogens is 7. The van der Waals surface area contributed by atoms with Crippen LogP contribution in [0.3, 0.4) is 0 Å². The number of benzene rings is 2. The predicted octanol–water partition coefficient (Wildman–Crippen LogP) is 6.09. The fourth-order valence-electron chi connectivity index (χ4n) is 3.27. The highest BCUT2D eigenvalue weighted by Gasteiger charge is 2.38. The molecule has 1 aliphatic heterocycles. The molecule has 1 aliphatic rings. The van der Waals surface area contributed by atoms with E-state index in [9.17, 15) is 31.1 Å². The Labute approximate surface area is 173 Å². The largest absolute Gasteiger partial charge is 0.416 e. The van der Waals surface area contributed by atoms with Crippen LogP contribution in [-0.4, -0.2) is 29.9 Å². The Morgan fingerprint density at radius 3 is 1.87 bits per heavy atom. The number of likely N-dealkylation sites (tertiary alicyclic amines) is 1. The Hall–Kier alpha value is -2.42. The van der Waals surface area contributed by atoms with Gasteiger partial charge in [0.2, 0.25) is 0 Å². The molecule has 0 radical (unpaired) electrons. The Bertz CT molecular complexity index is 871. The summed E-state index contributed by atoms with van der Waals surface area (Å²) in [5.41, 5.74) is -2.79. The topological polar surface area (TPSA) is 32.3 Å². The van der Waals surface area contributed by atoms with Crippen LogP contribution >= 0.6 is 11.6 Å². The second-order valence-electron chi connectivity index (χ2n) is 7.01. The first kappa shape index (κ1) is 22.3. The van der Waals surface area contributed by atoms with Gasteiger partial charge in [-0.3, -0.25) is 4.79 Å². The molecule has 3 nitrogen and oxygen atoms in total. The minimum absolute atomic E-state index is 0.0129. The van der Waals surface area contributed by atoms with Crippen LogP contribution in [0.5, 0.6) is 0 Å². The van der Waals surface area contributed by atoms with Crippen molar-refractivity contribution in [2.24, 2.45) is 0 Å². The number of rotatable bonds is 3. The number of piperidine rings is 1. The van der Waals surface area contributed by atoms with E-state index < -0.39 is 35.0 Å². The summed E-state index contributed by atoms with van der Waals surface area (Å²) >= 11 is 5.83. The minimum atomic E-state index is -4.99. The van der Waals surface area contributed by atoms with Gasteiger partial charge in [0.1, 0.15) is 0 Å². The summed E-state index contributed by atoms with van der Waals surface area (Å²) in [6.45, 7) is 0.420. The summed E-state index contributed by atoms with van der Waals surface area (Å²) in [5, 5.41) is 3.85. The molecule has 1 fully saturated rings. The highest BCUT2D eigenvalue weighted by atomic mass is 35.5. The molecule has 0 atom stereocenters. The highest BCUT2D eigenvalue weighted by Crippen LogP contribution is 2.36. The number of anilines is 1. The molecule has 1 amide bonds. The average molecular weight is 451 g/mol. The van der Waals surface area contributed by atoms with Crippen LogP contribution in [0.4, 0.5) is 32.0 Å². The van der Waals surface area contributed by atoms with Crippen LogP contribution in [0, 0.1) is 0 Å². The zero-order valence-electron chi connectivity index (χ0n) is 15.4. The van der Waals surface area contributed by atoms with Crippen LogP contribution < -0.4 is 5.32 Å². The van der Waals surface area contributed by atoms with Crippen molar-refractivity contribution in [3.63, 3.8) is 0 Å². The average Bonchev–Trinajstić information content (AvgIpc) is 2.68. The van der Waals surface area contributed by atoms with E-state index in [0.717, 1.165) is 5.69 Å².